The first-order valence-electron chi connectivity index (χ1n) is 7.70. The lowest BCUT2D eigenvalue weighted by atomic mass is 10.0. The average Bonchev–Trinajstić information content (AvgIpc) is 2.60. The molecule has 0 spiro atoms. The first-order valence-corrected chi connectivity index (χ1v) is 9.14. The van der Waals surface area contributed by atoms with Crippen molar-refractivity contribution in [2.45, 2.75) is 30.7 Å². The number of carboxylic acids is 1. The molecule has 6 heteroatoms. The van der Waals surface area contributed by atoms with Crippen LogP contribution in [0.3, 0.4) is 0 Å². The normalized spacial score (nSPS) is 13.0. The Morgan fingerprint density at radius 2 is 1.58 bits per heavy atom. The standard InChI is InChI=1S/C18H21NO4S/c1-3-14-9-11-15(12-10-14)13-17(18(20)21)19(2)24(22,23)16-7-5-4-6-8-16/h4-12,17H,3,13H2,1-2H3,(H,20,21). The van der Waals surface area contributed by atoms with Gasteiger partial charge in [-0.2, -0.15) is 4.31 Å². The molecule has 0 bridgehead atoms. The highest BCUT2D eigenvalue weighted by Crippen LogP contribution is 2.19. The van der Waals surface area contributed by atoms with Crippen LogP contribution >= 0.6 is 0 Å². The van der Waals surface area contributed by atoms with Crippen LogP contribution < -0.4 is 0 Å². The topological polar surface area (TPSA) is 74.7 Å². The minimum absolute atomic E-state index is 0.0834. The Morgan fingerprint density at radius 3 is 2.08 bits per heavy atom. The number of rotatable bonds is 7. The van der Waals surface area contributed by atoms with E-state index in [9.17, 15) is 18.3 Å². The van der Waals surface area contributed by atoms with Crippen molar-refractivity contribution >= 4 is 16.0 Å². The van der Waals surface area contributed by atoms with E-state index in [-0.39, 0.29) is 11.3 Å². The van der Waals surface area contributed by atoms with Gasteiger partial charge in [0.15, 0.2) is 0 Å². The number of likely N-dealkylation sites (N-methyl/N-ethyl adjacent to an activating group) is 1. The van der Waals surface area contributed by atoms with Gasteiger partial charge in [0.2, 0.25) is 10.0 Å². The van der Waals surface area contributed by atoms with E-state index < -0.39 is 22.0 Å². The van der Waals surface area contributed by atoms with E-state index in [2.05, 4.69) is 0 Å². The molecule has 0 fully saturated rings. The Morgan fingerprint density at radius 1 is 1.04 bits per heavy atom. The lowest BCUT2D eigenvalue weighted by molar-refractivity contribution is -0.141. The molecule has 1 atom stereocenters. The summed E-state index contributed by atoms with van der Waals surface area (Å²) in [5, 5.41) is 9.51. The summed E-state index contributed by atoms with van der Waals surface area (Å²) >= 11 is 0. The fraction of sp³-hybridized carbons (Fsp3) is 0.278. The number of sulfonamides is 1. The van der Waals surface area contributed by atoms with Gasteiger partial charge in [0, 0.05) is 7.05 Å². The van der Waals surface area contributed by atoms with Crippen LogP contribution in [0.1, 0.15) is 18.1 Å². The Labute approximate surface area is 142 Å². The first-order chi connectivity index (χ1) is 11.4. The van der Waals surface area contributed by atoms with E-state index in [0.29, 0.717) is 0 Å². The van der Waals surface area contributed by atoms with Crippen molar-refractivity contribution in [1.82, 2.24) is 4.31 Å². The molecule has 2 aromatic carbocycles. The highest BCUT2D eigenvalue weighted by Gasteiger charge is 2.32. The smallest absolute Gasteiger partial charge is 0.322 e. The maximum Gasteiger partial charge on any atom is 0.322 e. The van der Waals surface area contributed by atoms with Crippen LogP contribution in [0.5, 0.6) is 0 Å². The van der Waals surface area contributed by atoms with Crippen LogP contribution in [-0.2, 0) is 27.7 Å². The van der Waals surface area contributed by atoms with Crippen LogP contribution in [0.25, 0.3) is 0 Å². The molecule has 2 rings (SSSR count). The van der Waals surface area contributed by atoms with Crippen molar-refractivity contribution in [3.63, 3.8) is 0 Å². The van der Waals surface area contributed by atoms with E-state index >= 15 is 0 Å². The fourth-order valence-corrected chi connectivity index (χ4v) is 3.77. The quantitative estimate of drug-likeness (QED) is 0.835. The molecule has 0 aliphatic heterocycles. The van der Waals surface area contributed by atoms with Gasteiger partial charge >= 0.3 is 5.97 Å². The molecule has 1 N–H and O–H groups in total. The molecule has 0 amide bonds. The van der Waals surface area contributed by atoms with Gasteiger partial charge in [-0.25, -0.2) is 8.42 Å². The summed E-state index contributed by atoms with van der Waals surface area (Å²) in [4.78, 5) is 11.7. The summed E-state index contributed by atoms with van der Waals surface area (Å²) in [5.41, 5.74) is 1.94. The third-order valence-corrected chi connectivity index (χ3v) is 5.89. The number of aliphatic carboxylic acids is 1. The summed E-state index contributed by atoms with van der Waals surface area (Å²) in [7, 11) is -2.56. The Balaban J connectivity index is 2.27. The van der Waals surface area contributed by atoms with Gasteiger partial charge in [0.25, 0.3) is 0 Å². The highest BCUT2D eigenvalue weighted by molar-refractivity contribution is 7.89. The zero-order chi connectivity index (χ0) is 17.7. The zero-order valence-electron chi connectivity index (χ0n) is 13.7. The second-order valence-electron chi connectivity index (χ2n) is 5.56. The number of carboxylic acid groups (broad SMARTS) is 1. The molecule has 128 valence electrons. The second-order valence-corrected chi connectivity index (χ2v) is 7.56. The molecule has 0 heterocycles. The van der Waals surface area contributed by atoms with Crippen molar-refractivity contribution in [1.29, 1.82) is 0 Å². The lowest BCUT2D eigenvalue weighted by Gasteiger charge is -2.24. The molecule has 2 aromatic rings. The number of nitrogens with zero attached hydrogens (tertiary/aromatic N) is 1. The molecule has 5 nitrogen and oxygen atoms in total. The molecule has 0 saturated heterocycles. The van der Waals surface area contributed by atoms with Crippen molar-refractivity contribution in [2.24, 2.45) is 0 Å². The minimum Gasteiger partial charge on any atom is -0.480 e. The van der Waals surface area contributed by atoms with Gasteiger partial charge in [0.05, 0.1) is 4.90 Å². The molecular weight excluding hydrogens is 326 g/mol. The largest absolute Gasteiger partial charge is 0.480 e. The highest BCUT2D eigenvalue weighted by atomic mass is 32.2. The molecule has 0 aliphatic rings. The predicted octanol–water partition coefficient (Wildman–Crippen LogP) is 2.57. The molecule has 0 saturated carbocycles. The van der Waals surface area contributed by atoms with E-state index in [4.69, 9.17) is 0 Å². The lowest BCUT2D eigenvalue weighted by Crippen LogP contribution is -2.43. The minimum atomic E-state index is -3.86. The van der Waals surface area contributed by atoms with E-state index in [1.54, 1.807) is 18.2 Å². The number of hydrogen-bond donors (Lipinski definition) is 1. The van der Waals surface area contributed by atoms with Crippen LogP contribution in [0.2, 0.25) is 0 Å². The molecule has 1 unspecified atom stereocenters. The predicted molar refractivity (Wildman–Crippen MR) is 92.3 cm³/mol. The first kappa shape index (κ1) is 18.2. The molecule has 24 heavy (non-hydrogen) atoms. The van der Waals surface area contributed by atoms with E-state index in [0.717, 1.165) is 21.9 Å². The monoisotopic (exact) mass is 347 g/mol. The summed E-state index contributed by atoms with van der Waals surface area (Å²) in [6.45, 7) is 2.04. The van der Waals surface area contributed by atoms with Crippen LogP contribution in [-0.4, -0.2) is 36.9 Å². The van der Waals surface area contributed by atoms with Crippen molar-refractivity contribution in [2.75, 3.05) is 7.05 Å². The summed E-state index contributed by atoms with van der Waals surface area (Å²) in [6, 6.07) is 14.2. The maximum absolute atomic E-state index is 12.6. The van der Waals surface area contributed by atoms with Crippen LogP contribution in [0.4, 0.5) is 0 Å². The Bertz CT molecular complexity index is 786. The zero-order valence-corrected chi connectivity index (χ0v) is 14.5. The number of carbonyl (C=O) groups is 1. The van der Waals surface area contributed by atoms with Gasteiger partial charge in [-0.15, -0.1) is 0 Å². The fourth-order valence-electron chi connectivity index (χ4n) is 2.43. The second kappa shape index (κ2) is 7.59. The maximum atomic E-state index is 12.6. The summed E-state index contributed by atoms with van der Waals surface area (Å²) < 4.78 is 26.2. The number of hydrogen-bond acceptors (Lipinski definition) is 3. The Hall–Kier alpha value is -2.18. The molecular formula is C18H21NO4S. The number of aryl methyl sites for hydroxylation is 1. The van der Waals surface area contributed by atoms with Gasteiger partial charge in [0.1, 0.15) is 6.04 Å². The summed E-state index contributed by atoms with van der Waals surface area (Å²) in [5.74, 6) is -1.17. The van der Waals surface area contributed by atoms with Crippen molar-refractivity contribution in [3.8, 4) is 0 Å². The van der Waals surface area contributed by atoms with Gasteiger partial charge in [-0.3, -0.25) is 4.79 Å². The van der Waals surface area contributed by atoms with Gasteiger partial charge < -0.3 is 5.11 Å². The average molecular weight is 347 g/mol. The third-order valence-electron chi connectivity index (χ3n) is 4.00. The van der Waals surface area contributed by atoms with Crippen LogP contribution in [0.15, 0.2) is 59.5 Å². The van der Waals surface area contributed by atoms with Crippen LogP contribution in [0, 0.1) is 0 Å². The molecule has 0 aliphatic carbocycles. The summed E-state index contributed by atoms with van der Waals surface area (Å²) in [6.07, 6.45) is 1.01. The van der Waals surface area contributed by atoms with Gasteiger partial charge in [-0.05, 0) is 36.1 Å². The van der Waals surface area contributed by atoms with E-state index in [1.165, 1.54) is 19.2 Å². The third kappa shape index (κ3) is 4.01. The van der Waals surface area contributed by atoms with Gasteiger partial charge in [-0.1, -0.05) is 49.4 Å². The SMILES string of the molecule is CCc1ccc(CC(C(=O)O)N(C)S(=O)(=O)c2ccccc2)cc1. The number of benzene rings is 2. The molecule has 0 aromatic heterocycles. The van der Waals surface area contributed by atoms with Crippen molar-refractivity contribution in [3.05, 3.63) is 65.7 Å². The molecule has 0 radical (unpaired) electrons. The Kier molecular flexibility index (Phi) is 5.75. The van der Waals surface area contributed by atoms with E-state index in [1.807, 2.05) is 31.2 Å². The van der Waals surface area contributed by atoms with Crippen molar-refractivity contribution < 1.29 is 18.3 Å².